The first-order valence-corrected chi connectivity index (χ1v) is 14.1. The number of rotatable bonds is 1. The fraction of sp³-hybridized carbons (Fsp3) is 0. The Labute approximate surface area is 229 Å². The zero-order valence-corrected chi connectivity index (χ0v) is 21.8. The van der Waals surface area contributed by atoms with E-state index >= 15 is 0 Å². The number of para-hydroxylation sites is 1. The van der Waals surface area contributed by atoms with Crippen LogP contribution in [-0.4, -0.2) is 4.98 Å². The number of pyridine rings is 1. The van der Waals surface area contributed by atoms with E-state index in [-0.39, 0.29) is 0 Å². The third-order valence-electron chi connectivity index (χ3n) is 8.23. The van der Waals surface area contributed by atoms with E-state index < -0.39 is 0 Å². The second-order valence-electron chi connectivity index (χ2n) is 10.3. The first-order chi connectivity index (χ1) is 19.3. The molecule has 39 heavy (non-hydrogen) atoms. The zero-order valence-electron chi connectivity index (χ0n) is 21.0. The van der Waals surface area contributed by atoms with E-state index in [1.54, 1.807) is 0 Å². The molecule has 0 radical (unpaired) electrons. The molecular formula is C37H21NS. The quantitative estimate of drug-likeness (QED) is 0.203. The summed E-state index contributed by atoms with van der Waals surface area (Å²) >= 11 is 1.85. The molecule has 2 heteroatoms. The number of aromatic nitrogens is 1. The van der Waals surface area contributed by atoms with E-state index in [4.69, 9.17) is 4.98 Å². The normalized spacial score (nSPS) is 12.5. The van der Waals surface area contributed by atoms with Crippen molar-refractivity contribution in [2.24, 2.45) is 0 Å². The van der Waals surface area contributed by atoms with Gasteiger partial charge >= 0.3 is 0 Å². The van der Waals surface area contributed by atoms with Crippen molar-refractivity contribution in [2.75, 3.05) is 0 Å². The Kier molecular flexibility index (Phi) is 4.33. The highest BCUT2D eigenvalue weighted by atomic mass is 32.2. The maximum Gasteiger partial charge on any atom is 0.0811 e. The molecule has 1 aliphatic rings. The molecule has 0 amide bonds. The lowest BCUT2D eigenvalue weighted by atomic mass is 9.89. The van der Waals surface area contributed by atoms with Gasteiger partial charge in [0.05, 0.1) is 11.2 Å². The summed E-state index contributed by atoms with van der Waals surface area (Å²) in [5.74, 6) is 0. The molecule has 0 unspecified atom stereocenters. The highest BCUT2D eigenvalue weighted by molar-refractivity contribution is 7.99. The molecule has 0 bridgehead atoms. The van der Waals surface area contributed by atoms with Gasteiger partial charge in [0.25, 0.3) is 0 Å². The molecule has 1 nitrogen and oxygen atoms in total. The van der Waals surface area contributed by atoms with Gasteiger partial charge in [-0.3, -0.25) is 0 Å². The van der Waals surface area contributed by atoms with E-state index in [1.165, 1.54) is 75.0 Å². The van der Waals surface area contributed by atoms with Crippen LogP contribution in [0.25, 0.3) is 76.4 Å². The second kappa shape index (κ2) is 7.92. The van der Waals surface area contributed by atoms with Crippen LogP contribution in [-0.2, 0) is 0 Å². The predicted molar refractivity (Wildman–Crippen MR) is 167 cm³/mol. The van der Waals surface area contributed by atoms with E-state index in [2.05, 4.69) is 127 Å². The van der Waals surface area contributed by atoms with Crippen LogP contribution >= 0.6 is 11.8 Å². The number of benzene rings is 7. The molecule has 2 heterocycles. The molecule has 0 atom stereocenters. The second-order valence-corrected chi connectivity index (χ2v) is 11.4. The summed E-state index contributed by atoms with van der Waals surface area (Å²) in [5.41, 5.74) is 5.84. The van der Waals surface area contributed by atoms with Gasteiger partial charge in [-0.2, -0.15) is 0 Å². The fourth-order valence-electron chi connectivity index (χ4n) is 6.52. The van der Waals surface area contributed by atoms with Crippen molar-refractivity contribution in [3.8, 4) is 22.4 Å². The Morgan fingerprint density at radius 2 is 1.03 bits per heavy atom. The van der Waals surface area contributed by atoms with Gasteiger partial charge in [0, 0.05) is 31.5 Å². The first kappa shape index (κ1) is 21.3. The van der Waals surface area contributed by atoms with E-state index in [1.807, 2.05) is 11.8 Å². The topological polar surface area (TPSA) is 12.9 Å². The van der Waals surface area contributed by atoms with Gasteiger partial charge in [0.2, 0.25) is 0 Å². The van der Waals surface area contributed by atoms with E-state index in [0.717, 1.165) is 11.2 Å². The maximum atomic E-state index is 5.22. The average molecular weight is 512 g/mol. The van der Waals surface area contributed by atoms with Gasteiger partial charge in [-0.15, -0.1) is 0 Å². The predicted octanol–water partition coefficient (Wildman–Crippen LogP) is 10.6. The molecule has 9 rings (SSSR count). The van der Waals surface area contributed by atoms with Crippen molar-refractivity contribution in [3.63, 3.8) is 0 Å². The van der Waals surface area contributed by atoms with Crippen molar-refractivity contribution < 1.29 is 0 Å². The minimum absolute atomic E-state index is 1.04. The molecule has 1 aromatic heterocycles. The lowest BCUT2D eigenvalue weighted by Gasteiger charge is -2.22. The Bertz CT molecular complexity index is 2280. The van der Waals surface area contributed by atoms with Crippen LogP contribution in [0.4, 0.5) is 0 Å². The average Bonchev–Trinajstić information content (AvgIpc) is 3.01. The van der Waals surface area contributed by atoms with Crippen LogP contribution < -0.4 is 0 Å². The molecule has 0 N–H and O–H groups in total. The third-order valence-corrected chi connectivity index (χ3v) is 9.36. The number of fused-ring (bicyclic) bond motifs is 10. The smallest absolute Gasteiger partial charge is 0.0811 e. The molecule has 8 aromatic rings. The van der Waals surface area contributed by atoms with Gasteiger partial charge in [-0.05, 0) is 67.7 Å². The lowest BCUT2D eigenvalue weighted by molar-refractivity contribution is 1.32. The zero-order chi connectivity index (χ0) is 25.5. The van der Waals surface area contributed by atoms with Crippen LogP contribution in [0.1, 0.15) is 0 Å². The Balaban J connectivity index is 1.43. The van der Waals surface area contributed by atoms with Crippen LogP contribution in [0, 0.1) is 0 Å². The minimum Gasteiger partial charge on any atom is -0.247 e. The summed E-state index contributed by atoms with van der Waals surface area (Å²) in [4.78, 5) is 7.77. The van der Waals surface area contributed by atoms with Gasteiger partial charge in [-0.25, -0.2) is 4.98 Å². The van der Waals surface area contributed by atoms with Crippen molar-refractivity contribution in [3.05, 3.63) is 127 Å². The summed E-state index contributed by atoms with van der Waals surface area (Å²) in [6, 6.07) is 46.5. The summed E-state index contributed by atoms with van der Waals surface area (Å²) < 4.78 is 0. The Hall–Kier alpha value is -4.66. The maximum absolute atomic E-state index is 5.22. The highest BCUT2D eigenvalue weighted by Gasteiger charge is 2.24. The molecule has 0 fully saturated rings. The monoisotopic (exact) mass is 511 g/mol. The van der Waals surface area contributed by atoms with Crippen molar-refractivity contribution in [1.82, 2.24) is 4.98 Å². The van der Waals surface area contributed by atoms with Crippen molar-refractivity contribution in [1.29, 1.82) is 0 Å². The van der Waals surface area contributed by atoms with Crippen LogP contribution in [0.15, 0.2) is 137 Å². The summed E-state index contributed by atoms with van der Waals surface area (Å²) in [5, 5.41) is 11.6. The largest absolute Gasteiger partial charge is 0.247 e. The fourth-order valence-corrected chi connectivity index (χ4v) is 7.62. The SMILES string of the molecule is c1ccc2c(c1)Sc1ccc(-c3ccc4c5ccccc5c5ccccc5c4c3)c3c1c-2nc1ccccc13. The van der Waals surface area contributed by atoms with Crippen LogP contribution in [0.2, 0.25) is 0 Å². The molecule has 1 aliphatic heterocycles. The van der Waals surface area contributed by atoms with Gasteiger partial charge in [-0.1, -0.05) is 115 Å². The van der Waals surface area contributed by atoms with Crippen LogP contribution in [0.5, 0.6) is 0 Å². The van der Waals surface area contributed by atoms with E-state index in [0.29, 0.717) is 0 Å². The summed E-state index contributed by atoms with van der Waals surface area (Å²) in [7, 11) is 0. The summed E-state index contributed by atoms with van der Waals surface area (Å²) in [6.07, 6.45) is 0. The minimum atomic E-state index is 1.04. The van der Waals surface area contributed by atoms with Crippen molar-refractivity contribution >= 4 is 65.8 Å². The number of hydrogen-bond acceptors (Lipinski definition) is 2. The standard InChI is InChI=1S/C37H21NS/c1-2-11-26-24(9-1)25-10-3-4-12-27(25)31-21-22(17-18-28(26)31)23-19-20-34-36-35(23)29-13-5-7-15-32(29)38-37(36)30-14-6-8-16-33(30)39-34/h1-21H. The Morgan fingerprint density at radius 1 is 0.410 bits per heavy atom. The third kappa shape index (κ3) is 2.95. The molecular weight excluding hydrogens is 490 g/mol. The van der Waals surface area contributed by atoms with Gasteiger partial charge in [0.15, 0.2) is 0 Å². The van der Waals surface area contributed by atoms with Gasteiger partial charge < -0.3 is 0 Å². The first-order valence-electron chi connectivity index (χ1n) is 13.3. The molecule has 7 aromatic carbocycles. The lowest BCUT2D eigenvalue weighted by Crippen LogP contribution is -1.98. The van der Waals surface area contributed by atoms with Gasteiger partial charge in [0.1, 0.15) is 0 Å². The molecule has 0 saturated heterocycles. The Morgan fingerprint density at radius 3 is 1.79 bits per heavy atom. The molecule has 180 valence electrons. The van der Waals surface area contributed by atoms with Crippen LogP contribution in [0.3, 0.4) is 0 Å². The number of hydrogen-bond donors (Lipinski definition) is 0. The molecule has 0 spiro atoms. The van der Waals surface area contributed by atoms with Crippen molar-refractivity contribution in [2.45, 2.75) is 9.79 Å². The molecule has 0 aliphatic carbocycles. The van der Waals surface area contributed by atoms with E-state index in [9.17, 15) is 0 Å². The number of nitrogens with zero attached hydrogens (tertiary/aromatic N) is 1. The summed E-state index contributed by atoms with van der Waals surface area (Å²) in [6.45, 7) is 0. The highest BCUT2D eigenvalue weighted by Crippen LogP contribution is 2.51. The molecule has 0 saturated carbocycles.